The summed E-state index contributed by atoms with van der Waals surface area (Å²) in [6.45, 7) is 3.45. The molecule has 0 aliphatic heterocycles. The first-order valence-electron chi connectivity index (χ1n) is 8.19. The summed E-state index contributed by atoms with van der Waals surface area (Å²) in [6, 6.07) is 14.0. The summed E-state index contributed by atoms with van der Waals surface area (Å²) in [5.74, 6) is 0.271. The molecule has 0 unspecified atom stereocenters. The van der Waals surface area contributed by atoms with Gasteiger partial charge in [-0.2, -0.15) is 0 Å². The van der Waals surface area contributed by atoms with E-state index in [0.717, 1.165) is 21.7 Å². The Morgan fingerprint density at radius 3 is 2.35 bits per heavy atom. The van der Waals surface area contributed by atoms with Gasteiger partial charge < -0.3 is 10.1 Å². The summed E-state index contributed by atoms with van der Waals surface area (Å²) in [5, 5.41) is 2.83. The zero-order valence-electron chi connectivity index (χ0n) is 15.4. The van der Waals surface area contributed by atoms with Crippen LogP contribution in [0.1, 0.15) is 24.1 Å². The number of nitrogens with one attached hydrogen (secondary N) is 1. The van der Waals surface area contributed by atoms with Crippen molar-refractivity contribution in [1.29, 1.82) is 0 Å². The third-order valence-electron chi connectivity index (χ3n) is 3.99. The van der Waals surface area contributed by atoms with E-state index < -0.39 is 15.9 Å². The van der Waals surface area contributed by atoms with Crippen LogP contribution in [0.3, 0.4) is 0 Å². The minimum atomic E-state index is -3.59. The van der Waals surface area contributed by atoms with E-state index >= 15 is 0 Å². The first-order valence-corrected chi connectivity index (χ1v) is 10.0. The van der Waals surface area contributed by atoms with Crippen LogP contribution >= 0.6 is 0 Å². The minimum Gasteiger partial charge on any atom is -0.496 e. The molecular weight excluding hydrogens is 352 g/mol. The molecule has 0 saturated carbocycles. The first-order chi connectivity index (χ1) is 12.2. The molecule has 1 N–H and O–H groups in total. The van der Waals surface area contributed by atoms with Crippen LogP contribution in [0.2, 0.25) is 0 Å². The molecule has 7 heteroatoms. The van der Waals surface area contributed by atoms with Crippen molar-refractivity contribution in [2.45, 2.75) is 19.9 Å². The second-order valence-electron chi connectivity index (χ2n) is 6.14. The van der Waals surface area contributed by atoms with Crippen molar-refractivity contribution in [3.05, 3.63) is 59.7 Å². The van der Waals surface area contributed by atoms with Gasteiger partial charge in [0.15, 0.2) is 0 Å². The van der Waals surface area contributed by atoms with Gasteiger partial charge >= 0.3 is 0 Å². The Morgan fingerprint density at radius 1 is 1.15 bits per heavy atom. The summed E-state index contributed by atoms with van der Waals surface area (Å²) in [5.41, 5.74) is 2.29. The molecular formula is C19H24N2O4S. The van der Waals surface area contributed by atoms with E-state index in [1.54, 1.807) is 19.2 Å². The number of nitrogens with zero attached hydrogens (tertiary/aromatic N) is 1. The smallest absolute Gasteiger partial charge is 0.241 e. The van der Waals surface area contributed by atoms with Gasteiger partial charge in [0.2, 0.25) is 15.9 Å². The number of sulfonamides is 1. The zero-order chi connectivity index (χ0) is 19.3. The lowest BCUT2D eigenvalue weighted by molar-refractivity contribution is -0.120. The van der Waals surface area contributed by atoms with Crippen LogP contribution in [0, 0.1) is 6.92 Å². The number of aryl methyl sites for hydroxylation is 1. The van der Waals surface area contributed by atoms with Crippen LogP contribution in [0.5, 0.6) is 5.75 Å². The average molecular weight is 376 g/mol. The minimum absolute atomic E-state index is 0.290. The fraction of sp³-hybridized carbons (Fsp3) is 0.316. The first kappa shape index (κ1) is 19.8. The maximum absolute atomic E-state index is 12.5. The second kappa shape index (κ2) is 8.23. The zero-order valence-corrected chi connectivity index (χ0v) is 16.2. The molecule has 0 aliphatic carbocycles. The summed E-state index contributed by atoms with van der Waals surface area (Å²) in [7, 11) is -2.03. The normalized spacial score (nSPS) is 12.3. The molecule has 0 aliphatic rings. The highest BCUT2D eigenvalue weighted by Crippen LogP contribution is 2.24. The SMILES string of the molecule is COc1ccccc1[C@H](C)NC(=O)CN(c1ccc(C)cc1)S(C)(=O)=O. The number of ether oxygens (including phenoxy) is 1. The van der Waals surface area contributed by atoms with E-state index in [-0.39, 0.29) is 12.6 Å². The van der Waals surface area contributed by atoms with Crippen molar-refractivity contribution in [1.82, 2.24) is 5.32 Å². The molecule has 0 aromatic heterocycles. The second-order valence-corrected chi connectivity index (χ2v) is 8.04. The van der Waals surface area contributed by atoms with E-state index in [2.05, 4.69) is 5.32 Å². The van der Waals surface area contributed by atoms with Gasteiger partial charge in [0, 0.05) is 5.56 Å². The van der Waals surface area contributed by atoms with Gasteiger partial charge in [-0.1, -0.05) is 35.9 Å². The Labute approximate surface area is 154 Å². The van der Waals surface area contributed by atoms with Crippen molar-refractivity contribution in [2.75, 3.05) is 24.2 Å². The lowest BCUT2D eigenvalue weighted by atomic mass is 10.1. The predicted molar refractivity (Wildman–Crippen MR) is 103 cm³/mol. The largest absolute Gasteiger partial charge is 0.496 e. The fourth-order valence-electron chi connectivity index (χ4n) is 2.63. The molecule has 0 radical (unpaired) electrons. The monoisotopic (exact) mass is 376 g/mol. The highest BCUT2D eigenvalue weighted by atomic mass is 32.2. The number of carbonyl (C=O) groups excluding carboxylic acids is 1. The molecule has 6 nitrogen and oxygen atoms in total. The molecule has 0 spiro atoms. The molecule has 0 fully saturated rings. The highest BCUT2D eigenvalue weighted by Gasteiger charge is 2.22. The van der Waals surface area contributed by atoms with Crippen molar-refractivity contribution >= 4 is 21.6 Å². The number of rotatable bonds is 7. The van der Waals surface area contributed by atoms with Gasteiger partial charge in [0.05, 0.1) is 25.1 Å². The van der Waals surface area contributed by atoms with Crippen LogP contribution < -0.4 is 14.4 Å². The van der Waals surface area contributed by atoms with Gasteiger partial charge in [0.25, 0.3) is 0 Å². The van der Waals surface area contributed by atoms with E-state index in [4.69, 9.17) is 4.74 Å². The number of hydrogen-bond donors (Lipinski definition) is 1. The third-order valence-corrected chi connectivity index (χ3v) is 5.13. The van der Waals surface area contributed by atoms with Crippen molar-refractivity contribution < 1.29 is 17.9 Å². The van der Waals surface area contributed by atoms with Crippen LogP contribution in [0.25, 0.3) is 0 Å². The lowest BCUT2D eigenvalue weighted by Crippen LogP contribution is -2.41. The Kier molecular flexibility index (Phi) is 6.26. The summed E-state index contributed by atoms with van der Waals surface area (Å²) in [4.78, 5) is 12.5. The number of hydrogen-bond acceptors (Lipinski definition) is 4. The van der Waals surface area contributed by atoms with Crippen LogP contribution in [-0.2, 0) is 14.8 Å². The summed E-state index contributed by atoms with van der Waals surface area (Å²) >= 11 is 0. The molecule has 1 atom stereocenters. The molecule has 2 aromatic rings. The Bertz CT molecular complexity index is 863. The number of carbonyl (C=O) groups is 1. The van der Waals surface area contributed by atoms with E-state index in [9.17, 15) is 13.2 Å². The number of amides is 1. The molecule has 0 saturated heterocycles. The van der Waals surface area contributed by atoms with E-state index in [0.29, 0.717) is 11.4 Å². The van der Waals surface area contributed by atoms with Crippen LogP contribution in [0.15, 0.2) is 48.5 Å². The lowest BCUT2D eigenvalue weighted by Gasteiger charge is -2.24. The van der Waals surface area contributed by atoms with Gasteiger partial charge in [-0.15, -0.1) is 0 Å². The van der Waals surface area contributed by atoms with Gasteiger partial charge in [-0.25, -0.2) is 8.42 Å². The average Bonchev–Trinajstić information content (AvgIpc) is 2.59. The molecule has 140 valence electrons. The number of para-hydroxylation sites is 1. The standard InChI is InChI=1S/C19H24N2O4S/c1-14-9-11-16(12-10-14)21(26(4,23)24)13-19(22)20-15(2)17-7-5-6-8-18(17)25-3/h5-12,15H,13H2,1-4H3,(H,20,22)/t15-/m0/s1. The van der Waals surface area contributed by atoms with Gasteiger partial charge in [-0.05, 0) is 32.0 Å². The van der Waals surface area contributed by atoms with E-state index in [1.807, 2.05) is 50.2 Å². The third kappa shape index (κ3) is 4.98. The predicted octanol–water partition coefficient (Wildman–Crippen LogP) is 2.65. The highest BCUT2D eigenvalue weighted by molar-refractivity contribution is 7.92. The van der Waals surface area contributed by atoms with Crippen molar-refractivity contribution in [3.8, 4) is 5.75 Å². The Hall–Kier alpha value is -2.54. The van der Waals surface area contributed by atoms with Crippen molar-refractivity contribution in [3.63, 3.8) is 0 Å². The van der Waals surface area contributed by atoms with Crippen LogP contribution in [0.4, 0.5) is 5.69 Å². The number of methoxy groups -OCH3 is 1. The number of benzene rings is 2. The quantitative estimate of drug-likeness (QED) is 0.806. The molecule has 26 heavy (non-hydrogen) atoms. The molecule has 2 aromatic carbocycles. The topological polar surface area (TPSA) is 75.7 Å². The van der Waals surface area contributed by atoms with E-state index in [1.165, 1.54) is 0 Å². The van der Waals surface area contributed by atoms with Crippen molar-refractivity contribution in [2.24, 2.45) is 0 Å². The Morgan fingerprint density at radius 2 is 1.77 bits per heavy atom. The maximum Gasteiger partial charge on any atom is 0.241 e. The fourth-order valence-corrected chi connectivity index (χ4v) is 3.49. The Balaban J connectivity index is 2.16. The van der Waals surface area contributed by atoms with Gasteiger partial charge in [-0.3, -0.25) is 9.10 Å². The summed E-state index contributed by atoms with van der Waals surface area (Å²) in [6.07, 6.45) is 1.09. The maximum atomic E-state index is 12.5. The molecule has 2 rings (SSSR count). The molecule has 0 heterocycles. The summed E-state index contributed by atoms with van der Waals surface area (Å²) < 4.78 is 30.7. The van der Waals surface area contributed by atoms with Crippen LogP contribution in [-0.4, -0.2) is 34.2 Å². The molecule has 0 bridgehead atoms. The number of anilines is 1. The van der Waals surface area contributed by atoms with Gasteiger partial charge in [0.1, 0.15) is 12.3 Å². The molecule has 1 amide bonds.